The summed E-state index contributed by atoms with van der Waals surface area (Å²) in [4.78, 5) is 6.42. The molecule has 2 aromatic heterocycles. The zero-order valence-electron chi connectivity index (χ0n) is 8.01. The SMILES string of the molecule is CCn1cc[n+](C)c1.c1c[nH]cn1. The van der Waals surface area contributed by atoms with E-state index in [1.54, 1.807) is 18.7 Å². The van der Waals surface area contributed by atoms with Gasteiger partial charge in [0.25, 0.3) is 0 Å². The summed E-state index contributed by atoms with van der Waals surface area (Å²) < 4.78 is 4.16. The Morgan fingerprint density at radius 2 is 2.38 bits per heavy atom. The van der Waals surface area contributed by atoms with Crippen LogP contribution in [-0.2, 0) is 13.6 Å². The standard InChI is InChI=1S/C6H11N2.C3H4N2/c1-3-8-5-4-7(2)6-8;1-2-5-3-4-1/h4-6H,3H2,1-2H3;1-3H,(H,4,5)/q+1;. The Bertz CT molecular complexity index is 293. The molecule has 0 aliphatic rings. The van der Waals surface area contributed by atoms with Crippen LogP contribution in [0.5, 0.6) is 0 Å². The molecule has 2 heterocycles. The van der Waals surface area contributed by atoms with Gasteiger partial charge in [0.05, 0.1) is 19.9 Å². The molecule has 0 amide bonds. The van der Waals surface area contributed by atoms with Crippen LogP contribution in [-0.4, -0.2) is 14.5 Å². The number of aryl methyl sites for hydroxylation is 2. The van der Waals surface area contributed by atoms with Gasteiger partial charge in [-0.25, -0.2) is 14.1 Å². The molecule has 2 rings (SSSR count). The molecule has 0 aromatic carbocycles. The first-order valence-electron chi connectivity index (χ1n) is 4.26. The first-order valence-corrected chi connectivity index (χ1v) is 4.26. The van der Waals surface area contributed by atoms with E-state index >= 15 is 0 Å². The number of hydrogen-bond acceptors (Lipinski definition) is 1. The fourth-order valence-corrected chi connectivity index (χ4v) is 0.904. The van der Waals surface area contributed by atoms with Gasteiger partial charge in [-0.05, 0) is 6.92 Å². The lowest BCUT2D eigenvalue weighted by Gasteiger charge is -1.81. The van der Waals surface area contributed by atoms with E-state index in [2.05, 4.69) is 34.0 Å². The van der Waals surface area contributed by atoms with Crippen molar-refractivity contribution in [2.24, 2.45) is 7.05 Å². The maximum absolute atomic E-state index is 3.67. The van der Waals surface area contributed by atoms with E-state index in [1.165, 1.54) is 0 Å². The average Bonchev–Trinajstić information content (AvgIpc) is 2.76. The highest BCUT2D eigenvalue weighted by Gasteiger charge is 1.92. The molecule has 13 heavy (non-hydrogen) atoms. The van der Waals surface area contributed by atoms with E-state index in [1.807, 2.05) is 17.8 Å². The zero-order chi connectivity index (χ0) is 9.52. The first-order chi connectivity index (χ1) is 6.33. The number of nitrogens with one attached hydrogen (secondary N) is 1. The van der Waals surface area contributed by atoms with Gasteiger partial charge in [-0.2, -0.15) is 0 Å². The van der Waals surface area contributed by atoms with Gasteiger partial charge in [0, 0.05) is 12.4 Å². The molecule has 70 valence electrons. The van der Waals surface area contributed by atoms with Crippen molar-refractivity contribution in [2.45, 2.75) is 13.5 Å². The summed E-state index contributed by atoms with van der Waals surface area (Å²) in [5.41, 5.74) is 0. The van der Waals surface area contributed by atoms with Crippen molar-refractivity contribution >= 4 is 0 Å². The molecule has 0 spiro atoms. The van der Waals surface area contributed by atoms with E-state index in [4.69, 9.17) is 0 Å². The summed E-state index contributed by atoms with van der Waals surface area (Å²) in [5, 5.41) is 0. The van der Waals surface area contributed by atoms with Gasteiger partial charge >= 0.3 is 0 Å². The molecule has 0 radical (unpaired) electrons. The molecular formula is C9H15N4+. The topological polar surface area (TPSA) is 37.5 Å². The lowest BCUT2D eigenvalue weighted by atomic mass is 10.7. The molecule has 0 fully saturated rings. The Hall–Kier alpha value is -1.58. The molecule has 4 nitrogen and oxygen atoms in total. The third kappa shape index (κ3) is 3.55. The van der Waals surface area contributed by atoms with Gasteiger partial charge < -0.3 is 4.98 Å². The van der Waals surface area contributed by atoms with Crippen LogP contribution in [0.1, 0.15) is 6.92 Å². The van der Waals surface area contributed by atoms with Crippen molar-refractivity contribution in [3.63, 3.8) is 0 Å². The van der Waals surface area contributed by atoms with E-state index in [0.717, 1.165) is 6.54 Å². The molecule has 2 aromatic rings. The second-order valence-electron chi connectivity index (χ2n) is 2.67. The molecule has 1 N–H and O–H groups in total. The summed E-state index contributed by atoms with van der Waals surface area (Å²) in [5.74, 6) is 0. The van der Waals surface area contributed by atoms with Crippen LogP contribution < -0.4 is 4.57 Å². The molecule has 0 aliphatic heterocycles. The Kier molecular flexibility index (Phi) is 3.75. The van der Waals surface area contributed by atoms with Crippen molar-refractivity contribution in [1.29, 1.82) is 0 Å². The zero-order valence-corrected chi connectivity index (χ0v) is 8.01. The lowest BCUT2D eigenvalue weighted by Crippen LogP contribution is -2.23. The number of hydrogen-bond donors (Lipinski definition) is 1. The van der Waals surface area contributed by atoms with E-state index in [0.29, 0.717) is 0 Å². The van der Waals surface area contributed by atoms with Crippen LogP contribution in [0.2, 0.25) is 0 Å². The third-order valence-corrected chi connectivity index (χ3v) is 1.59. The van der Waals surface area contributed by atoms with Gasteiger partial charge in [0.1, 0.15) is 12.4 Å². The summed E-state index contributed by atoms with van der Waals surface area (Å²) in [6.45, 7) is 3.18. The van der Waals surface area contributed by atoms with Gasteiger partial charge in [-0.15, -0.1) is 0 Å². The molecule has 4 heteroatoms. The number of imidazole rings is 2. The largest absolute Gasteiger partial charge is 0.351 e. The maximum Gasteiger partial charge on any atom is 0.243 e. The number of aromatic amines is 1. The Balaban J connectivity index is 0.000000145. The van der Waals surface area contributed by atoms with Gasteiger partial charge in [0.2, 0.25) is 6.33 Å². The number of aromatic nitrogens is 4. The summed E-state index contributed by atoms with van der Waals surface area (Å²) >= 11 is 0. The van der Waals surface area contributed by atoms with Crippen LogP contribution in [0.4, 0.5) is 0 Å². The van der Waals surface area contributed by atoms with Crippen molar-refractivity contribution in [3.8, 4) is 0 Å². The molecule has 0 aliphatic carbocycles. The fourth-order valence-electron chi connectivity index (χ4n) is 0.904. The van der Waals surface area contributed by atoms with Gasteiger partial charge in [-0.1, -0.05) is 0 Å². The van der Waals surface area contributed by atoms with E-state index in [-0.39, 0.29) is 0 Å². The molecule has 0 saturated carbocycles. The lowest BCUT2D eigenvalue weighted by molar-refractivity contribution is -0.671. The van der Waals surface area contributed by atoms with Crippen molar-refractivity contribution in [2.75, 3.05) is 0 Å². The summed E-state index contributed by atoms with van der Waals surface area (Å²) in [6, 6.07) is 0. The van der Waals surface area contributed by atoms with Gasteiger partial charge in [-0.3, -0.25) is 0 Å². The van der Waals surface area contributed by atoms with Crippen molar-refractivity contribution in [3.05, 3.63) is 37.4 Å². The predicted octanol–water partition coefficient (Wildman–Crippen LogP) is 0.742. The average molecular weight is 179 g/mol. The normalized spacial score (nSPS) is 9.08. The highest BCUT2D eigenvalue weighted by atomic mass is 15.1. The highest BCUT2D eigenvalue weighted by molar-refractivity contribution is 4.64. The number of nitrogens with zero attached hydrogens (tertiary/aromatic N) is 3. The molecule has 0 atom stereocenters. The Labute approximate surface area is 77.9 Å². The second-order valence-corrected chi connectivity index (χ2v) is 2.67. The highest BCUT2D eigenvalue weighted by Crippen LogP contribution is 1.79. The quantitative estimate of drug-likeness (QED) is 0.644. The third-order valence-electron chi connectivity index (χ3n) is 1.59. The van der Waals surface area contributed by atoms with Crippen LogP contribution >= 0.6 is 0 Å². The van der Waals surface area contributed by atoms with Crippen LogP contribution in [0.25, 0.3) is 0 Å². The van der Waals surface area contributed by atoms with Gasteiger partial charge in [0.15, 0.2) is 0 Å². The Morgan fingerprint density at radius 1 is 1.54 bits per heavy atom. The van der Waals surface area contributed by atoms with Crippen molar-refractivity contribution < 1.29 is 4.57 Å². The molecule has 0 bridgehead atoms. The van der Waals surface area contributed by atoms with Crippen molar-refractivity contribution in [1.82, 2.24) is 14.5 Å². The number of H-pyrrole nitrogens is 1. The van der Waals surface area contributed by atoms with E-state index in [9.17, 15) is 0 Å². The van der Waals surface area contributed by atoms with Crippen LogP contribution in [0.3, 0.4) is 0 Å². The molecule has 0 unspecified atom stereocenters. The fraction of sp³-hybridized carbons (Fsp3) is 0.333. The first kappa shape index (κ1) is 9.51. The smallest absolute Gasteiger partial charge is 0.243 e. The summed E-state index contributed by atoms with van der Waals surface area (Å²) in [7, 11) is 2.02. The predicted molar refractivity (Wildman–Crippen MR) is 49.9 cm³/mol. The minimum absolute atomic E-state index is 1.06. The summed E-state index contributed by atoms with van der Waals surface area (Å²) in [6.07, 6.45) is 11.2. The monoisotopic (exact) mass is 179 g/mol. The number of rotatable bonds is 1. The minimum Gasteiger partial charge on any atom is -0.351 e. The molecule has 0 saturated heterocycles. The minimum atomic E-state index is 1.06. The molecular weight excluding hydrogens is 164 g/mol. The second kappa shape index (κ2) is 5.13. The Morgan fingerprint density at radius 3 is 2.62 bits per heavy atom. The van der Waals surface area contributed by atoms with Crippen LogP contribution in [0.15, 0.2) is 37.4 Å². The maximum atomic E-state index is 3.67. The van der Waals surface area contributed by atoms with Crippen LogP contribution in [0, 0.1) is 0 Å². The van der Waals surface area contributed by atoms with E-state index < -0.39 is 0 Å².